The molecule has 110 valence electrons. The minimum absolute atomic E-state index is 0.228. The maximum atomic E-state index is 12.3. The van der Waals surface area contributed by atoms with Crippen molar-refractivity contribution >= 4 is 56.6 Å². The summed E-state index contributed by atoms with van der Waals surface area (Å²) in [6.45, 7) is 1.80. The van der Waals surface area contributed by atoms with Gasteiger partial charge in [0, 0.05) is 22.9 Å². The lowest BCUT2D eigenvalue weighted by Crippen LogP contribution is -3.17. The number of halogens is 4. The third-order valence-electron chi connectivity index (χ3n) is 3.36. The summed E-state index contributed by atoms with van der Waals surface area (Å²) in [5.74, 6) is -0.228. The maximum Gasteiger partial charge on any atom is 0.262 e. The van der Waals surface area contributed by atoms with Gasteiger partial charge in [-0.1, -0.05) is 50.7 Å². The number of hydrogen-bond donors (Lipinski definition) is 2. The normalized spacial score (nSPS) is 18.0. The Bertz CT molecular complexity index is 469. The highest BCUT2D eigenvalue weighted by Gasteiger charge is 2.43. The molecule has 0 bridgehead atoms. The van der Waals surface area contributed by atoms with Crippen molar-refractivity contribution in [1.29, 1.82) is 0 Å². The molecule has 1 aromatic rings. The van der Waals surface area contributed by atoms with E-state index in [1.54, 1.807) is 12.1 Å². The van der Waals surface area contributed by atoms with Crippen molar-refractivity contribution in [1.82, 2.24) is 5.32 Å². The van der Waals surface area contributed by atoms with E-state index >= 15 is 0 Å². The molecule has 1 atom stereocenters. The molecule has 1 aliphatic rings. The van der Waals surface area contributed by atoms with Gasteiger partial charge in [-0.05, 0) is 24.3 Å². The lowest BCUT2D eigenvalue weighted by molar-refractivity contribution is -0.915. The molecule has 0 saturated carbocycles. The van der Waals surface area contributed by atoms with Crippen LogP contribution in [0, 0.1) is 0 Å². The minimum Gasteiger partial charge on any atom is -0.312 e. The Morgan fingerprint density at radius 3 is 2.25 bits per heavy atom. The molecule has 0 aliphatic carbocycles. The number of quaternary nitrogens is 1. The van der Waals surface area contributed by atoms with Crippen LogP contribution in [-0.2, 0) is 0 Å². The zero-order chi connectivity index (χ0) is 14.8. The molecular weight excluding hydrogens is 386 g/mol. The number of nitrogens with one attached hydrogen (secondary N) is 2. The quantitative estimate of drug-likeness (QED) is 0.750. The molecule has 1 amide bonds. The van der Waals surface area contributed by atoms with E-state index in [1.165, 1.54) is 0 Å². The minimum atomic E-state index is -1.52. The molecule has 2 rings (SSSR count). The van der Waals surface area contributed by atoms with Gasteiger partial charge in [-0.25, -0.2) is 0 Å². The van der Waals surface area contributed by atoms with Crippen LogP contribution in [-0.4, -0.2) is 29.0 Å². The van der Waals surface area contributed by atoms with Crippen molar-refractivity contribution in [3.63, 3.8) is 0 Å². The Labute approximate surface area is 141 Å². The molecule has 0 radical (unpaired) electrons. The van der Waals surface area contributed by atoms with Gasteiger partial charge in [0.1, 0.15) is 0 Å². The molecule has 0 aromatic heterocycles. The van der Waals surface area contributed by atoms with Crippen molar-refractivity contribution in [2.75, 3.05) is 13.1 Å². The summed E-state index contributed by atoms with van der Waals surface area (Å²) in [4.78, 5) is 13.4. The molecule has 1 saturated heterocycles. The first-order chi connectivity index (χ1) is 9.38. The highest BCUT2D eigenvalue weighted by atomic mass is 79.9. The zero-order valence-corrected chi connectivity index (χ0v) is 14.5. The van der Waals surface area contributed by atoms with Crippen LogP contribution in [0.25, 0.3) is 0 Å². The van der Waals surface area contributed by atoms with Crippen molar-refractivity contribution in [3.05, 3.63) is 34.3 Å². The van der Waals surface area contributed by atoms with Gasteiger partial charge >= 0.3 is 0 Å². The predicted octanol–water partition coefficient (Wildman–Crippen LogP) is 2.55. The topological polar surface area (TPSA) is 33.5 Å². The second-order valence-corrected chi connectivity index (χ2v) is 8.10. The highest BCUT2D eigenvalue weighted by molar-refractivity contribution is 9.10. The van der Waals surface area contributed by atoms with E-state index in [0.717, 1.165) is 35.3 Å². The number of rotatable bonds is 3. The average molecular weight is 402 g/mol. The Balaban J connectivity index is 2.11. The van der Waals surface area contributed by atoms with Gasteiger partial charge in [-0.3, -0.25) is 10.1 Å². The van der Waals surface area contributed by atoms with E-state index in [-0.39, 0.29) is 5.91 Å². The van der Waals surface area contributed by atoms with E-state index in [1.807, 2.05) is 12.1 Å². The maximum absolute atomic E-state index is 12.3. The smallest absolute Gasteiger partial charge is 0.262 e. The van der Waals surface area contributed by atoms with Crippen LogP contribution in [0.2, 0.25) is 0 Å². The fourth-order valence-electron chi connectivity index (χ4n) is 2.35. The highest BCUT2D eigenvalue weighted by Crippen LogP contribution is 2.28. The number of carbonyl (C=O) groups excluding carboxylic acids is 1. The first-order valence-corrected chi connectivity index (χ1v) is 8.28. The molecule has 3 nitrogen and oxygen atoms in total. The fourth-order valence-corrected chi connectivity index (χ4v) is 3.24. The number of amides is 1. The number of carbonyl (C=O) groups is 1. The van der Waals surface area contributed by atoms with Crippen LogP contribution in [0.15, 0.2) is 28.7 Å². The summed E-state index contributed by atoms with van der Waals surface area (Å²) in [5.41, 5.74) is 0.547. The largest absolute Gasteiger partial charge is 0.312 e. The van der Waals surface area contributed by atoms with Crippen LogP contribution in [0.1, 0.15) is 23.2 Å². The summed E-state index contributed by atoms with van der Waals surface area (Å²) >= 11 is 21.4. The molecule has 2 N–H and O–H groups in total. The lowest BCUT2D eigenvalue weighted by Gasteiger charge is -2.30. The SMILES string of the molecule is O=C(NC([NH+]1CCCC1)C(Cl)(Cl)Cl)c1ccc(Br)cc1. The third kappa shape index (κ3) is 4.25. The summed E-state index contributed by atoms with van der Waals surface area (Å²) in [6.07, 6.45) is 1.63. The van der Waals surface area contributed by atoms with E-state index in [9.17, 15) is 4.79 Å². The van der Waals surface area contributed by atoms with Gasteiger partial charge in [0.15, 0.2) is 0 Å². The lowest BCUT2D eigenvalue weighted by atomic mass is 10.2. The van der Waals surface area contributed by atoms with E-state index in [0.29, 0.717) is 5.56 Å². The van der Waals surface area contributed by atoms with E-state index in [4.69, 9.17) is 34.8 Å². The summed E-state index contributed by atoms with van der Waals surface area (Å²) < 4.78 is -0.609. The van der Waals surface area contributed by atoms with Gasteiger partial charge in [-0.2, -0.15) is 0 Å². The van der Waals surface area contributed by atoms with E-state index < -0.39 is 9.96 Å². The monoisotopic (exact) mass is 399 g/mol. The van der Waals surface area contributed by atoms with Crippen LogP contribution in [0.5, 0.6) is 0 Å². The number of benzene rings is 1. The van der Waals surface area contributed by atoms with Gasteiger partial charge in [0.05, 0.1) is 13.1 Å². The van der Waals surface area contributed by atoms with E-state index in [2.05, 4.69) is 21.2 Å². The van der Waals surface area contributed by atoms with Crippen molar-refractivity contribution in [2.45, 2.75) is 22.8 Å². The number of hydrogen-bond acceptors (Lipinski definition) is 1. The average Bonchev–Trinajstić information content (AvgIpc) is 2.88. The zero-order valence-electron chi connectivity index (χ0n) is 10.6. The Morgan fingerprint density at radius 1 is 1.20 bits per heavy atom. The molecule has 7 heteroatoms. The summed E-state index contributed by atoms with van der Waals surface area (Å²) in [7, 11) is 0. The van der Waals surface area contributed by atoms with Gasteiger partial charge in [-0.15, -0.1) is 0 Å². The Hall–Kier alpha value is -0.000000000000000167. The van der Waals surface area contributed by atoms with Gasteiger partial charge in [0.2, 0.25) is 6.17 Å². The molecule has 0 spiro atoms. The molecule has 1 unspecified atom stereocenters. The molecular formula is C13H15BrCl3N2O+. The van der Waals surface area contributed by atoms with Crippen molar-refractivity contribution in [3.8, 4) is 0 Å². The molecule has 1 aromatic carbocycles. The van der Waals surface area contributed by atoms with Crippen LogP contribution in [0.4, 0.5) is 0 Å². The first-order valence-electron chi connectivity index (χ1n) is 6.35. The summed E-state index contributed by atoms with van der Waals surface area (Å²) in [5, 5.41) is 2.85. The molecule has 1 aliphatic heterocycles. The summed E-state index contributed by atoms with van der Waals surface area (Å²) in [6, 6.07) is 7.08. The fraction of sp³-hybridized carbons (Fsp3) is 0.462. The Kier molecular flexibility index (Phi) is 5.60. The Morgan fingerprint density at radius 2 is 1.75 bits per heavy atom. The van der Waals surface area contributed by atoms with Crippen molar-refractivity contribution in [2.24, 2.45) is 0 Å². The first kappa shape index (κ1) is 16.4. The number of alkyl halides is 3. The molecule has 1 fully saturated rings. The standard InChI is InChI=1S/C13H14BrCl3N2O/c14-10-5-3-9(4-6-10)11(20)18-12(13(15,16)17)19-7-1-2-8-19/h3-6,12H,1-2,7-8H2,(H,18,20)/p+1. The van der Waals surface area contributed by atoms with Crippen LogP contribution < -0.4 is 10.2 Å². The van der Waals surface area contributed by atoms with Crippen LogP contribution >= 0.6 is 50.7 Å². The second kappa shape index (κ2) is 6.84. The third-order valence-corrected chi connectivity index (χ3v) is 4.55. The predicted molar refractivity (Wildman–Crippen MR) is 85.6 cm³/mol. The number of likely N-dealkylation sites (tertiary alicyclic amines) is 1. The molecule has 20 heavy (non-hydrogen) atoms. The van der Waals surface area contributed by atoms with Crippen molar-refractivity contribution < 1.29 is 9.69 Å². The van der Waals surface area contributed by atoms with Gasteiger partial charge < -0.3 is 4.90 Å². The van der Waals surface area contributed by atoms with Crippen LogP contribution in [0.3, 0.4) is 0 Å². The second-order valence-electron chi connectivity index (χ2n) is 4.82. The molecule has 1 heterocycles. The van der Waals surface area contributed by atoms with Gasteiger partial charge in [0.25, 0.3) is 9.70 Å².